The molecular formula is C16H36N4OS. The molecule has 22 heavy (non-hydrogen) atoms. The molecule has 0 fully saturated rings. The second-order valence-corrected chi connectivity index (χ2v) is 6.50. The van der Waals surface area contributed by atoms with E-state index in [2.05, 4.69) is 47.8 Å². The zero-order chi connectivity index (χ0) is 16.6. The van der Waals surface area contributed by atoms with Gasteiger partial charge in [-0.25, -0.2) is 0 Å². The molecule has 132 valence electrons. The molecule has 0 saturated carbocycles. The van der Waals surface area contributed by atoms with Gasteiger partial charge in [0, 0.05) is 26.2 Å². The van der Waals surface area contributed by atoms with E-state index >= 15 is 0 Å². The number of nitrogens with one attached hydrogen (secondary N) is 2. The number of ether oxygens (including phenoxy) is 1. The summed E-state index contributed by atoms with van der Waals surface area (Å²) in [5.74, 6) is 2.13. The van der Waals surface area contributed by atoms with Gasteiger partial charge in [-0.1, -0.05) is 0 Å². The van der Waals surface area contributed by atoms with E-state index in [0.717, 1.165) is 38.6 Å². The van der Waals surface area contributed by atoms with Crippen LogP contribution in [0.2, 0.25) is 0 Å². The number of guanidine groups is 1. The van der Waals surface area contributed by atoms with E-state index < -0.39 is 0 Å². The zero-order valence-electron chi connectivity index (χ0n) is 15.2. The lowest BCUT2D eigenvalue weighted by Crippen LogP contribution is -2.38. The van der Waals surface area contributed by atoms with Crippen molar-refractivity contribution in [3.05, 3.63) is 0 Å². The summed E-state index contributed by atoms with van der Waals surface area (Å²) in [5, 5.41) is 6.71. The summed E-state index contributed by atoms with van der Waals surface area (Å²) in [6.45, 7) is 8.47. The summed E-state index contributed by atoms with van der Waals surface area (Å²) >= 11 is 1.90. The van der Waals surface area contributed by atoms with Crippen molar-refractivity contribution in [1.82, 2.24) is 15.5 Å². The summed E-state index contributed by atoms with van der Waals surface area (Å²) < 4.78 is 5.79. The van der Waals surface area contributed by atoms with Crippen LogP contribution in [0.25, 0.3) is 0 Å². The number of hydrogen-bond donors (Lipinski definition) is 2. The molecule has 2 N–H and O–H groups in total. The van der Waals surface area contributed by atoms with Crippen LogP contribution in [0.4, 0.5) is 0 Å². The molecule has 1 atom stereocenters. The van der Waals surface area contributed by atoms with E-state index in [1.807, 2.05) is 18.7 Å². The Morgan fingerprint density at radius 3 is 2.59 bits per heavy atom. The standard InChI is InChI=1S/C16H36N4OS/c1-6-17-16(18-11-8-9-13-22-5)19-14-15(21-7-2)10-12-20(3)4/h15H,6-14H2,1-5H3,(H2,17,18,19). The molecule has 0 aromatic carbocycles. The van der Waals surface area contributed by atoms with Gasteiger partial charge in [-0.15, -0.1) is 0 Å². The van der Waals surface area contributed by atoms with E-state index in [4.69, 9.17) is 4.74 Å². The summed E-state index contributed by atoms with van der Waals surface area (Å²) in [5.41, 5.74) is 0. The first-order valence-corrected chi connectivity index (χ1v) is 9.80. The highest BCUT2D eigenvalue weighted by Gasteiger charge is 2.09. The molecule has 0 aliphatic rings. The lowest BCUT2D eigenvalue weighted by molar-refractivity contribution is 0.0582. The van der Waals surface area contributed by atoms with Crippen LogP contribution >= 0.6 is 11.8 Å². The molecule has 0 aromatic rings. The van der Waals surface area contributed by atoms with Gasteiger partial charge >= 0.3 is 0 Å². The van der Waals surface area contributed by atoms with Crippen LogP contribution < -0.4 is 10.6 Å². The maximum absolute atomic E-state index is 5.79. The van der Waals surface area contributed by atoms with E-state index in [9.17, 15) is 0 Å². The highest BCUT2D eigenvalue weighted by atomic mass is 32.2. The van der Waals surface area contributed by atoms with E-state index in [-0.39, 0.29) is 6.10 Å². The molecule has 0 bridgehead atoms. The minimum absolute atomic E-state index is 0.194. The molecule has 0 aliphatic heterocycles. The van der Waals surface area contributed by atoms with Gasteiger partial charge in [-0.05, 0) is 59.2 Å². The van der Waals surface area contributed by atoms with Crippen molar-refractivity contribution in [3.63, 3.8) is 0 Å². The average molecular weight is 333 g/mol. The number of hydrogen-bond acceptors (Lipinski definition) is 4. The molecule has 1 unspecified atom stereocenters. The van der Waals surface area contributed by atoms with Crippen LogP contribution in [0.1, 0.15) is 33.1 Å². The summed E-state index contributed by atoms with van der Waals surface area (Å²) in [6.07, 6.45) is 5.79. The lowest BCUT2D eigenvalue weighted by atomic mass is 10.2. The first-order valence-electron chi connectivity index (χ1n) is 8.41. The number of thioether (sulfide) groups is 1. The lowest BCUT2D eigenvalue weighted by Gasteiger charge is -2.18. The van der Waals surface area contributed by atoms with Crippen LogP contribution in [0.3, 0.4) is 0 Å². The van der Waals surface area contributed by atoms with Gasteiger partial charge in [0.15, 0.2) is 5.96 Å². The number of aliphatic imine (C=N–C) groups is 1. The topological polar surface area (TPSA) is 48.9 Å². The Balaban J connectivity index is 4.21. The second-order valence-electron chi connectivity index (χ2n) is 5.52. The van der Waals surface area contributed by atoms with Crippen molar-refractivity contribution in [2.24, 2.45) is 4.99 Å². The monoisotopic (exact) mass is 332 g/mol. The number of unbranched alkanes of at least 4 members (excludes halogenated alkanes) is 1. The molecule has 0 saturated heterocycles. The van der Waals surface area contributed by atoms with Gasteiger partial charge in [0.2, 0.25) is 0 Å². The van der Waals surface area contributed by atoms with Crippen molar-refractivity contribution in [2.75, 3.05) is 58.9 Å². The third-order valence-corrected chi connectivity index (χ3v) is 3.86. The Morgan fingerprint density at radius 2 is 2.00 bits per heavy atom. The molecular weight excluding hydrogens is 296 g/mol. The minimum atomic E-state index is 0.194. The highest BCUT2D eigenvalue weighted by molar-refractivity contribution is 7.98. The Bertz CT molecular complexity index is 275. The Hall–Kier alpha value is -0.460. The maximum atomic E-state index is 5.79. The van der Waals surface area contributed by atoms with Gasteiger partial charge in [-0.2, -0.15) is 11.8 Å². The number of nitrogens with zero attached hydrogens (tertiary/aromatic N) is 2. The molecule has 0 amide bonds. The van der Waals surface area contributed by atoms with Gasteiger partial charge in [-0.3, -0.25) is 4.99 Å². The van der Waals surface area contributed by atoms with Crippen LogP contribution in [-0.2, 0) is 4.74 Å². The summed E-state index contributed by atoms with van der Waals surface area (Å²) in [7, 11) is 4.18. The molecule has 0 aromatic heterocycles. The molecule has 0 rings (SSSR count). The van der Waals surface area contributed by atoms with Crippen molar-refractivity contribution >= 4 is 17.7 Å². The maximum Gasteiger partial charge on any atom is 0.191 e. The smallest absolute Gasteiger partial charge is 0.191 e. The zero-order valence-corrected chi connectivity index (χ0v) is 16.0. The predicted octanol–water partition coefficient (Wildman–Crippen LogP) is 2.04. The predicted molar refractivity (Wildman–Crippen MR) is 100 cm³/mol. The minimum Gasteiger partial charge on any atom is -0.377 e. The van der Waals surface area contributed by atoms with Crippen LogP contribution in [0, 0.1) is 0 Å². The SMILES string of the molecule is CCNC(=NCC(CCN(C)C)OCC)NCCCCSC. The van der Waals surface area contributed by atoms with E-state index in [1.165, 1.54) is 18.6 Å². The van der Waals surface area contributed by atoms with Crippen molar-refractivity contribution < 1.29 is 4.74 Å². The molecule has 6 heteroatoms. The molecule has 0 heterocycles. The van der Waals surface area contributed by atoms with Gasteiger partial charge in [0.25, 0.3) is 0 Å². The third-order valence-electron chi connectivity index (χ3n) is 3.17. The third kappa shape index (κ3) is 13.2. The second kappa shape index (κ2) is 15.4. The van der Waals surface area contributed by atoms with Crippen molar-refractivity contribution in [2.45, 2.75) is 39.2 Å². The molecule has 0 radical (unpaired) electrons. The highest BCUT2D eigenvalue weighted by Crippen LogP contribution is 2.01. The summed E-state index contributed by atoms with van der Waals surface area (Å²) in [4.78, 5) is 6.86. The first-order chi connectivity index (χ1) is 10.6. The largest absolute Gasteiger partial charge is 0.377 e. The van der Waals surface area contributed by atoms with Crippen molar-refractivity contribution in [1.29, 1.82) is 0 Å². The molecule has 0 aliphatic carbocycles. The average Bonchev–Trinajstić information content (AvgIpc) is 2.49. The van der Waals surface area contributed by atoms with E-state index in [1.54, 1.807) is 0 Å². The fourth-order valence-electron chi connectivity index (χ4n) is 1.98. The molecule has 0 spiro atoms. The van der Waals surface area contributed by atoms with Crippen LogP contribution in [0.15, 0.2) is 4.99 Å². The normalized spacial score (nSPS) is 13.5. The first kappa shape index (κ1) is 21.5. The Morgan fingerprint density at radius 1 is 1.23 bits per heavy atom. The quantitative estimate of drug-likeness (QED) is 0.307. The van der Waals surface area contributed by atoms with Crippen LogP contribution in [-0.4, -0.2) is 75.9 Å². The summed E-state index contributed by atoms with van der Waals surface area (Å²) in [6, 6.07) is 0. The Kier molecular flexibility index (Phi) is 15.1. The fraction of sp³-hybridized carbons (Fsp3) is 0.938. The van der Waals surface area contributed by atoms with Gasteiger partial charge in [0.05, 0.1) is 12.6 Å². The van der Waals surface area contributed by atoms with E-state index in [0.29, 0.717) is 6.54 Å². The van der Waals surface area contributed by atoms with Crippen molar-refractivity contribution in [3.8, 4) is 0 Å². The molecule has 5 nitrogen and oxygen atoms in total. The van der Waals surface area contributed by atoms with Gasteiger partial charge < -0.3 is 20.3 Å². The number of rotatable bonds is 13. The Labute approximate surface area is 141 Å². The van der Waals surface area contributed by atoms with Crippen LogP contribution in [0.5, 0.6) is 0 Å². The fourth-order valence-corrected chi connectivity index (χ4v) is 2.47. The van der Waals surface area contributed by atoms with Gasteiger partial charge in [0.1, 0.15) is 0 Å².